The standard InChI is InChI=1S/C13H16BrNOS/c14-9-1-2-12-10(5-9)11(15)6-13(16-12)8-3-4-17-7-8/h1-2,5,8,11,13H,3-4,6-7,15H2. The van der Waals surface area contributed by atoms with E-state index in [4.69, 9.17) is 10.5 Å². The second-order valence-corrected chi connectivity index (χ2v) is 6.87. The molecule has 4 heteroatoms. The fourth-order valence-corrected chi connectivity index (χ4v) is 4.34. The van der Waals surface area contributed by atoms with Gasteiger partial charge in [-0.3, -0.25) is 0 Å². The molecule has 2 N–H and O–H groups in total. The van der Waals surface area contributed by atoms with E-state index in [1.807, 2.05) is 23.9 Å². The summed E-state index contributed by atoms with van der Waals surface area (Å²) in [5.41, 5.74) is 7.41. The molecule has 92 valence electrons. The number of halogens is 1. The Labute approximate surface area is 114 Å². The Kier molecular flexibility index (Phi) is 3.37. The monoisotopic (exact) mass is 313 g/mol. The van der Waals surface area contributed by atoms with E-state index in [-0.39, 0.29) is 6.04 Å². The van der Waals surface area contributed by atoms with Gasteiger partial charge in [-0.05, 0) is 36.1 Å². The Morgan fingerprint density at radius 1 is 1.41 bits per heavy atom. The maximum atomic E-state index is 6.27. The molecular formula is C13H16BrNOS. The normalized spacial score (nSPS) is 32.0. The first kappa shape index (κ1) is 11.9. The van der Waals surface area contributed by atoms with Crippen LogP contribution in [0.15, 0.2) is 22.7 Å². The number of benzene rings is 1. The zero-order valence-electron chi connectivity index (χ0n) is 9.56. The maximum absolute atomic E-state index is 6.27. The van der Waals surface area contributed by atoms with Gasteiger partial charge in [0.25, 0.3) is 0 Å². The first-order valence-corrected chi connectivity index (χ1v) is 7.98. The van der Waals surface area contributed by atoms with Gasteiger partial charge in [0.2, 0.25) is 0 Å². The van der Waals surface area contributed by atoms with Gasteiger partial charge in [-0.2, -0.15) is 11.8 Å². The van der Waals surface area contributed by atoms with Crippen molar-refractivity contribution >= 4 is 27.7 Å². The Balaban J connectivity index is 1.84. The molecule has 0 amide bonds. The number of ether oxygens (including phenoxy) is 1. The molecule has 3 atom stereocenters. The summed E-state index contributed by atoms with van der Waals surface area (Å²) in [5.74, 6) is 4.16. The molecule has 3 rings (SSSR count). The molecule has 0 bridgehead atoms. The maximum Gasteiger partial charge on any atom is 0.124 e. The molecule has 0 aliphatic carbocycles. The Bertz CT molecular complexity index is 420. The lowest BCUT2D eigenvalue weighted by atomic mass is 9.90. The molecule has 2 aliphatic rings. The number of rotatable bonds is 1. The van der Waals surface area contributed by atoms with E-state index in [9.17, 15) is 0 Å². The van der Waals surface area contributed by atoms with Crippen LogP contribution in [-0.4, -0.2) is 17.6 Å². The summed E-state index contributed by atoms with van der Waals surface area (Å²) >= 11 is 5.52. The van der Waals surface area contributed by atoms with Crippen molar-refractivity contribution in [3.8, 4) is 5.75 Å². The predicted molar refractivity (Wildman–Crippen MR) is 75.5 cm³/mol. The third-order valence-corrected chi connectivity index (χ3v) is 5.31. The van der Waals surface area contributed by atoms with E-state index in [2.05, 4.69) is 22.0 Å². The van der Waals surface area contributed by atoms with Crippen LogP contribution in [0.5, 0.6) is 5.75 Å². The zero-order valence-corrected chi connectivity index (χ0v) is 12.0. The molecule has 1 fully saturated rings. The molecule has 2 heterocycles. The lowest BCUT2D eigenvalue weighted by Gasteiger charge is -2.33. The molecule has 2 aliphatic heterocycles. The lowest BCUT2D eigenvalue weighted by Crippen LogP contribution is -2.35. The van der Waals surface area contributed by atoms with Crippen LogP contribution in [-0.2, 0) is 0 Å². The van der Waals surface area contributed by atoms with Crippen molar-refractivity contribution in [3.05, 3.63) is 28.2 Å². The van der Waals surface area contributed by atoms with Gasteiger partial charge >= 0.3 is 0 Å². The van der Waals surface area contributed by atoms with E-state index < -0.39 is 0 Å². The van der Waals surface area contributed by atoms with Crippen LogP contribution in [0, 0.1) is 5.92 Å². The molecule has 17 heavy (non-hydrogen) atoms. The van der Waals surface area contributed by atoms with Crippen molar-refractivity contribution in [1.82, 2.24) is 0 Å². The number of hydrogen-bond donors (Lipinski definition) is 1. The van der Waals surface area contributed by atoms with Gasteiger partial charge in [0.1, 0.15) is 11.9 Å². The average Bonchev–Trinajstić information content (AvgIpc) is 2.83. The average molecular weight is 314 g/mol. The van der Waals surface area contributed by atoms with Gasteiger partial charge in [0, 0.05) is 28.4 Å². The fourth-order valence-electron chi connectivity index (χ4n) is 2.64. The SMILES string of the molecule is NC1CC(C2CCSC2)Oc2ccc(Br)cc21. The Morgan fingerprint density at radius 3 is 3.06 bits per heavy atom. The lowest BCUT2D eigenvalue weighted by molar-refractivity contribution is 0.110. The van der Waals surface area contributed by atoms with Crippen molar-refractivity contribution in [2.75, 3.05) is 11.5 Å². The summed E-state index contributed by atoms with van der Waals surface area (Å²) in [6, 6.07) is 6.26. The third kappa shape index (κ3) is 2.35. The first-order chi connectivity index (χ1) is 8.24. The molecule has 0 saturated carbocycles. The highest BCUT2D eigenvalue weighted by molar-refractivity contribution is 9.10. The summed E-state index contributed by atoms with van der Waals surface area (Å²) in [4.78, 5) is 0. The largest absolute Gasteiger partial charge is 0.490 e. The van der Waals surface area contributed by atoms with E-state index >= 15 is 0 Å². The quantitative estimate of drug-likeness (QED) is 0.863. The minimum atomic E-state index is 0.117. The van der Waals surface area contributed by atoms with Crippen LogP contribution < -0.4 is 10.5 Å². The van der Waals surface area contributed by atoms with E-state index in [0.717, 1.165) is 22.2 Å². The highest BCUT2D eigenvalue weighted by Gasteiger charge is 2.33. The fraction of sp³-hybridized carbons (Fsp3) is 0.538. The topological polar surface area (TPSA) is 35.2 Å². The van der Waals surface area contributed by atoms with Crippen LogP contribution in [0.25, 0.3) is 0 Å². The summed E-state index contributed by atoms with van der Waals surface area (Å²) in [5, 5.41) is 0. The molecule has 3 unspecified atom stereocenters. The molecule has 0 spiro atoms. The third-order valence-electron chi connectivity index (χ3n) is 3.63. The van der Waals surface area contributed by atoms with Crippen molar-refractivity contribution < 1.29 is 4.74 Å². The molecule has 0 radical (unpaired) electrons. The Morgan fingerprint density at radius 2 is 2.29 bits per heavy atom. The predicted octanol–water partition coefficient (Wildman–Crippen LogP) is 3.35. The van der Waals surface area contributed by atoms with Gasteiger partial charge in [0.15, 0.2) is 0 Å². The molecule has 1 saturated heterocycles. The van der Waals surface area contributed by atoms with Gasteiger partial charge in [-0.15, -0.1) is 0 Å². The van der Waals surface area contributed by atoms with Gasteiger partial charge in [0.05, 0.1) is 0 Å². The number of hydrogen-bond acceptors (Lipinski definition) is 3. The first-order valence-electron chi connectivity index (χ1n) is 6.03. The zero-order chi connectivity index (χ0) is 11.8. The smallest absolute Gasteiger partial charge is 0.124 e. The summed E-state index contributed by atoms with van der Waals surface area (Å²) < 4.78 is 7.20. The summed E-state index contributed by atoms with van der Waals surface area (Å²) in [6.07, 6.45) is 2.54. The number of thioether (sulfide) groups is 1. The van der Waals surface area contributed by atoms with Gasteiger partial charge in [-0.1, -0.05) is 15.9 Å². The van der Waals surface area contributed by atoms with Crippen molar-refractivity contribution in [2.45, 2.75) is 25.0 Å². The van der Waals surface area contributed by atoms with Gasteiger partial charge < -0.3 is 10.5 Å². The molecule has 0 aromatic heterocycles. The van der Waals surface area contributed by atoms with Gasteiger partial charge in [-0.25, -0.2) is 0 Å². The van der Waals surface area contributed by atoms with E-state index in [0.29, 0.717) is 12.0 Å². The molecular weight excluding hydrogens is 298 g/mol. The van der Waals surface area contributed by atoms with E-state index in [1.54, 1.807) is 0 Å². The minimum Gasteiger partial charge on any atom is -0.490 e. The molecule has 1 aromatic rings. The van der Waals surface area contributed by atoms with Crippen LogP contribution in [0.2, 0.25) is 0 Å². The van der Waals surface area contributed by atoms with Crippen LogP contribution in [0.1, 0.15) is 24.4 Å². The number of nitrogens with two attached hydrogens (primary N) is 1. The Hall–Kier alpha value is -0.190. The minimum absolute atomic E-state index is 0.117. The second-order valence-electron chi connectivity index (χ2n) is 4.80. The number of fused-ring (bicyclic) bond motifs is 1. The summed E-state index contributed by atoms with van der Waals surface area (Å²) in [6.45, 7) is 0. The highest BCUT2D eigenvalue weighted by atomic mass is 79.9. The molecule has 2 nitrogen and oxygen atoms in total. The van der Waals surface area contributed by atoms with Crippen molar-refractivity contribution in [3.63, 3.8) is 0 Å². The van der Waals surface area contributed by atoms with Crippen LogP contribution in [0.4, 0.5) is 0 Å². The van der Waals surface area contributed by atoms with Crippen LogP contribution in [0.3, 0.4) is 0 Å². The highest BCUT2D eigenvalue weighted by Crippen LogP contribution is 2.40. The van der Waals surface area contributed by atoms with Crippen molar-refractivity contribution in [1.29, 1.82) is 0 Å². The van der Waals surface area contributed by atoms with Crippen molar-refractivity contribution in [2.24, 2.45) is 11.7 Å². The second kappa shape index (κ2) is 4.82. The summed E-state index contributed by atoms with van der Waals surface area (Å²) in [7, 11) is 0. The van der Waals surface area contributed by atoms with Crippen LogP contribution >= 0.6 is 27.7 Å². The molecule has 1 aromatic carbocycles. The van der Waals surface area contributed by atoms with E-state index in [1.165, 1.54) is 17.9 Å².